The Kier molecular flexibility index (Phi) is 5.05. The molecule has 1 fully saturated rings. The van der Waals surface area contributed by atoms with Crippen molar-refractivity contribution in [2.24, 2.45) is 11.7 Å². The highest BCUT2D eigenvalue weighted by molar-refractivity contribution is 5.79. The van der Waals surface area contributed by atoms with E-state index < -0.39 is 0 Å². The Bertz CT molecular complexity index is 656. The summed E-state index contributed by atoms with van der Waals surface area (Å²) in [5.41, 5.74) is 7.28. The number of carbonyl (C=O) groups excluding carboxylic acids is 1. The molecule has 0 spiro atoms. The number of aromatic nitrogens is 2. The van der Waals surface area contributed by atoms with Gasteiger partial charge in [0.15, 0.2) is 0 Å². The standard InChI is InChI=1S/C18H23N5O/c1-14(16(19)15-6-3-2-4-7-15)17(24)22-10-12-23(13-11-22)18-20-8-5-9-21-18/h2-9,14,16H,10-13,19H2,1H3. The summed E-state index contributed by atoms with van der Waals surface area (Å²) in [5.74, 6) is 0.588. The van der Waals surface area contributed by atoms with Gasteiger partial charge in [0.25, 0.3) is 0 Å². The molecule has 1 aliphatic rings. The molecule has 0 saturated carbocycles. The Balaban J connectivity index is 1.59. The van der Waals surface area contributed by atoms with Gasteiger partial charge in [0, 0.05) is 44.6 Å². The number of piperazine rings is 1. The summed E-state index contributed by atoms with van der Waals surface area (Å²) in [6, 6.07) is 11.3. The van der Waals surface area contributed by atoms with E-state index >= 15 is 0 Å². The van der Waals surface area contributed by atoms with Crippen LogP contribution in [0.5, 0.6) is 0 Å². The zero-order valence-corrected chi connectivity index (χ0v) is 13.9. The van der Waals surface area contributed by atoms with Crippen molar-refractivity contribution in [3.8, 4) is 0 Å². The van der Waals surface area contributed by atoms with E-state index in [0.29, 0.717) is 13.1 Å². The smallest absolute Gasteiger partial charge is 0.227 e. The third kappa shape index (κ3) is 3.54. The quantitative estimate of drug-likeness (QED) is 0.921. The van der Waals surface area contributed by atoms with Gasteiger partial charge in [-0.15, -0.1) is 0 Å². The van der Waals surface area contributed by atoms with Crippen LogP contribution in [-0.4, -0.2) is 47.0 Å². The Morgan fingerprint density at radius 1 is 1.04 bits per heavy atom. The number of hydrogen-bond acceptors (Lipinski definition) is 5. The predicted octanol–water partition coefficient (Wildman–Crippen LogP) is 1.46. The molecule has 6 nitrogen and oxygen atoms in total. The molecule has 2 N–H and O–H groups in total. The average molecular weight is 325 g/mol. The molecule has 0 aliphatic carbocycles. The topological polar surface area (TPSA) is 75.4 Å². The number of anilines is 1. The Morgan fingerprint density at radius 2 is 1.67 bits per heavy atom. The lowest BCUT2D eigenvalue weighted by Crippen LogP contribution is -2.51. The lowest BCUT2D eigenvalue weighted by atomic mass is 9.94. The first-order valence-electron chi connectivity index (χ1n) is 8.28. The van der Waals surface area contributed by atoms with E-state index in [9.17, 15) is 4.79 Å². The van der Waals surface area contributed by atoms with Crippen LogP contribution in [0.2, 0.25) is 0 Å². The van der Waals surface area contributed by atoms with Crippen molar-refractivity contribution in [1.82, 2.24) is 14.9 Å². The van der Waals surface area contributed by atoms with Crippen molar-refractivity contribution in [2.75, 3.05) is 31.1 Å². The molecule has 6 heteroatoms. The van der Waals surface area contributed by atoms with Gasteiger partial charge in [-0.25, -0.2) is 9.97 Å². The van der Waals surface area contributed by atoms with E-state index in [2.05, 4.69) is 14.9 Å². The molecule has 2 heterocycles. The van der Waals surface area contributed by atoms with E-state index in [-0.39, 0.29) is 17.9 Å². The van der Waals surface area contributed by atoms with Gasteiger partial charge in [-0.1, -0.05) is 37.3 Å². The Labute approximate surface area is 142 Å². The summed E-state index contributed by atoms with van der Waals surface area (Å²) in [5, 5.41) is 0. The monoisotopic (exact) mass is 325 g/mol. The molecule has 2 atom stereocenters. The van der Waals surface area contributed by atoms with Gasteiger partial charge in [-0.2, -0.15) is 0 Å². The molecule has 24 heavy (non-hydrogen) atoms. The van der Waals surface area contributed by atoms with E-state index in [4.69, 9.17) is 5.73 Å². The maximum atomic E-state index is 12.8. The van der Waals surface area contributed by atoms with Gasteiger partial charge in [0.1, 0.15) is 0 Å². The van der Waals surface area contributed by atoms with Gasteiger partial charge < -0.3 is 15.5 Å². The molecule has 126 valence electrons. The van der Waals surface area contributed by atoms with E-state index in [1.54, 1.807) is 18.5 Å². The molecule has 1 aliphatic heterocycles. The molecule has 1 aromatic heterocycles. The summed E-state index contributed by atoms with van der Waals surface area (Å²) >= 11 is 0. The first-order chi connectivity index (χ1) is 11.7. The first-order valence-corrected chi connectivity index (χ1v) is 8.28. The number of rotatable bonds is 4. The molecular formula is C18H23N5O. The van der Waals surface area contributed by atoms with Crippen molar-refractivity contribution in [3.63, 3.8) is 0 Å². The highest BCUT2D eigenvalue weighted by Gasteiger charge is 2.29. The van der Waals surface area contributed by atoms with Crippen LogP contribution in [0.25, 0.3) is 0 Å². The summed E-state index contributed by atoms with van der Waals surface area (Å²) in [6.07, 6.45) is 3.47. The third-order valence-electron chi connectivity index (χ3n) is 4.54. The van der Waals surface area contributed by atoms with E-state index in [1.165, 1.54) is 0 Å². The maximum Gasteiger partial charge on any atom is 0.227 e. The predicted molar refractivity (Wildman–Crippen MR) is 93.4 cm³/mol. The van der Waals surface area contributed by atoms with Crippen LogP contribution in [0.1, 0.15) is 18.5 Å². The minimum Gasteiger partial charge on any atom is -0.339 e. The highest BCUT2D eigenvalue weighted by atomic mass is 16.2. The van der Waals surface area contributed by atoms with Crippen molar-refractivity contribution in [2.45, 2.75) is 13.0 Å². The molecule has 1 amide bonds. The highest BCUT2D eigenvalue weighted by Crippen LogP contribution is 2.22. The molecule has 0 bridgehead atoms. The summed E-state index contributed by atoms with van der Waals surface area (Å²) < 4.78 is 0. The van der Waals surface area contributed by atoms with Crippen molar-refractivity contribution in [3.05, 3.63) is 54.4 Å². The largest absolute Gasteiger partial charge is 0.339 e. The fourth-order valence-electron chi connectivity index (χ4n) is 2.99. The summed E-state index contributed by atoms with van der Waals surface area (Å²) in [7, 11) is 0. The summed E-state index contributed by atoms with van der Waals surface area (Å²) in [4.78, 5) is 25.3. The number of hydrogen-bond donors (Lipinski definition) is 1. The van der Waals surface area contributed by atoms with Crippen LogP contribution in [0.3, 0.4) is 0 Å². The van der Waals surface area contributed by atoms with Crippen LogP contribution >= 0.6 is 0 Å². The minimum atomic E-state index is -0.283. The fraction of sp³-hybridized carbons (Fsp3) is 0.389. The molecule has 3 rings (SSSR count). The minimum absolute atomic E-state index is 0.111. The zero-order chi connectivity index (χ0) is 16.9. The van der Waals surface area contributed by atoms with Gasteiger partial charge in [0.05, 0.1) is 5.92 Å². The van der Waals surface area contributed by atoms with Crippen molar-refractivity contribution in [1.29, 1.82) is 0 Å². The number of carbonyl (C=O) groups is 1. The van der Waals surface area contributed by atoms with Crippen molar-refractivity contribution >= 4 is 11.9 Å². The Hall–Kier alpha value is -2.47. The van der Waals surface area contributed by atoms with Gasteiger partial charge in [-0.3, -0.25) is 4.79 Å². The van der Waals surface area contributed by atoms with Gasteiger partial charge in [-0.05, 0) is 11.6 Å². The SMILES string of the molecule is CC(C(=O)N1CCN(c2ncccn2)CC1)C(N)c1ccccc1. The second-order valence-corrected chi connectivity index (χ2v) is 6.09. The molecule has 1 aromatic carbocycles. The first kappa shape index (κ1) is 16.4. The number of benzene rings is 1. The van der Waals surface area contributed by atoms with Crippen LogP contribution in [0.4, 0.5) is 5.95 Å². The van der Waals surface area contributed by atoms with Crippen LogP contribution in [0, 0.1) is 5.92 Å². The molecule has 2 unspecified atom stereocenters. The molecule has 1 saturated heterocycles. The Morgan fingerprint density at radius 3 is 2.29 bits per heavy atom. The van der Waals surface area contributed by atoms with Gasteiger partial charge >= 0.3 is 0 Å². The fourth-order valence-corrected chi connectivity index (χ4v) is 2.99. The number of nitrogens with zero attached hydrogens (tertiary/aromatic N) is 4. The molecular weight excluding hydrogens is 302 g/mol. The lowest BCUT2D eigenvalue weighted by molar-refractivity contribution is -0.136. The second kappa shape index (κ2) is 7.40. The zero-order valence-electron chi connectivity index (χ0n) is 13.9. The van der Waals surface area contributed by atoms with Crippen LogP contribution in [0.15, 0.2) is 48.8 Å². The number of amides is 1. The van der Waals surface area contributed by atoms with Crippen molar-refractivity contribution < 1.29 is 4.79 Å². The normalized spacial score (nSPS) is 17.4. The summed E-state index contributed by atoms with van der Waals surface area (Å²) in [6.45, 7) is 4.73. The molecule has 0 radical (unpaired) electrons. The van der Waals surface area contributed by atoms with Crippen LogP contribution in [-0.2, 0) is 4.79 Å². The van der Waals surface area contributed by atoms with E-state index in [1.807, 2.05) is 42.2 Å². The third-order valence-corrected chi connectivity index (χ3v) is 4.54. The number of nitrogens with two attached hydrogens (primary N) is 1. The van der Waals surface area contributed by atoms with Crippen LogP contribution < -0.4 is 10.6 Å². The van der Waals surface area contributed by atoms with Gasteiger partial charge in [0.2, 0.25) is 11.9 Å². The average Bonchev–Trinajstić information content (AvgIpc) is 2.68. The molecule has 2 aromatic rings. The second-order valence-electron chi connectivity index (χ2n) is 6.09. The lowest BCUT2D eigenvalue weighted by Gasteiger charge is -2.36. The van der Waals surface area contributed by atoms with E-state index in [0.717, 1.165) is 24.6 Å². The maximum absolute atomic E-state index is 12.8.